The lowest BCUT2D eigenvalue weighted by molar-refractivity contribution is -0.116. The lowest BCUT2D eigenvalue weighted by Gasteiger charge is -2.07. The molecule has 0 saturated carbocycles. The van der Waals surface area contributed by atoms with Gasteiger partial charge in [-0.25, -0.2) is 9.97 Å². The van der Waals surface area contributed by atoms with Gasteiger partial charge in [-0.3, -0.25) is 9.59 Å². The number of aromatic nitrogens is 3. The van der Waals surface area contributed by atoms with Crippen molar-refractivity contribution in [2.45, 2.75) is 19.4 Å². The van der Waals surface area contributed by atoms with Crippen molar-refractivity contribution in [3.63, 3.8) is 0 Å². The third-order valence-electron chi connectivity index (χ3n) is 3.97. The van der Waals surface area contributed by atoms with Crippen LogP contribution in [0.15, 0.2) is 29.8 Å². The molecule has 0 unspecified atom stereocenters. The number of hydrogen-bond acceptors (Lipinski definition) is 5. The van der Waals surface area contributed by atoms with E-state index in [1.54, 1.807) is 12.3 Å². The molecule has 7 nitrogen and oxygen atoms in total. The maximum absolute atomic E-state index is 12.1. The van der Waals surface area contributed by atoms with Gasteiger partial charge in [0.05, 0.1) is 16.6 Å². The zero-order chi connectivity index (χ0) is 16.5. The maximum Gasteiger partial charge on any atom is 0.253 e. The molecule has 0 atom stereocenters. The molecule has 8 heteroatoms. The number of amides is 2. The van der Waals surface area contributed by atoms with Crippen molar-refractivity contribution < 1.29 is 9.59 Å². The number of nitrogens with one attached hydrogen (secondary N) is 2. The summed E-state index contributed by atoms with van der Waals surface area (Å²) in [7, 11) is 0. The van der Waals surface area contributed by atoms with Crippen LogP contribution >= 0.6 is 11.3 Å². The van der Waals surface area contributed by atoms with E-state index in [1.165, 1.54) is 11.3 Å². The second-order valence-corrected chi connectivity index (χ2v) is 6.39. The number of carbonyl (C=O) groups is 2. The Morgan fingerprint density at radius 2 is 2.33 bits per heavy atom. The van der Waals surface area contributed by atoms with Gasteiger partial charge in [0.25, 0.3) is 5.91 Å². The van der Waals surface area contributed by atoms with Crippen LogP contribution in [0.5, 0.6) is 0 Å². The van der Waals surface area contributed by atoms with Crippen LogP contribution in [0.3, 0.4) is 0 Å². The molecule has 0 bridgehead atoms. The van der Waals surface area contributed by atoms with Gasteiger partial charge < -0.3 is 15.2 Å². The molecule has 0 fully saturated rings. The molecule has 122 valence electrons. The smallest absolute Gasteiger partial charge is 0.253 e. The SMILES string of the molecule is O=C(CCc1nc2cccc3c2n1CCNC3=O)Nc1nccs1. The molecule has 0 aliphatic carbocycles. The van der Waals surface area contributed by atoms with E-state index in [4.69, 9.17) is 0 Å². The van der Waals surface area contributed by atoms with E-state index in [9.17, 15) is 9.59 Å². The second kappa shape index (κ2) is 6.04. The average Bonchev–Trinajstić information content (AvgIpc) is 3.16. The summed E-state index contributed by atoms with van der Waals surface area (Å²) >= 11 is 1.39. The van der Waals surface area contributed by atoms with Crippen LogP contribution in [0.2, 0.25) is 0 Å². The Bertz CT molecular complexity index is 916. The highest BCUT2D eigenvalue weighted by Gasteiger charge is 2.21. The maximum atomic E-state index is 12.1. The standard InChI is InChI=1S/C16H15N5O2S/c22-13(20-16-18-7-9-24-16)5-4-12-19-11-3-1-2-10-14(11)21(12)8-6-17-15(10)23/h1-3,7,9H,4-6,8H2,(H,17,23)(H,18,20,22). The summed E-state index contributed by atoms with van der Waals surface area (Å²) in [6.45, 7) is 1.21. The van der Waals surface area contributed by atoms with Crippen LogP contribution in [0.25, 0.3) is 11.0 Å². The van der Waals surface area contributed by atoms with Gasteiger partial charge in [-0.2, -0.15) is 0 Å². The second-order valence-electron chi connectivity index (χ2n) is 5.49. The fraction of sp³-hybridized carbons (Fsp3) is 0.250. The summed E-state index contributed by atoms with van der Waals surface area (Å²) in [6, 6.07) is 5.53. The van der Waals surface area contributed by atoms with Crippen molar-refractivity contribution in [1.82, 2.24) is 19.9 Å². The summed E-state index contributed by atoms with van der Waals surface area (Å²) in [5.74, 6) is 0.656. The minimum absolute atomic E-state index is 0.0766. The van der Waals surface area contributed by atoms with E-state index >= 15 is 0 Å². The monoisotopic (exact) mass is 341 g/mol. The first-order valence-corrected chi connectivity index (χ1v) is 8.56. The Labute approximate surface area is 141 Å². The Balaban J connectivity index is 1.58. The van der Waals surface area contributed by atoms with E-state index in [0.717, 1.165) is 16.9 Å². The van der Waals surface area contributed by atoms with E-state index in [-0.39, 0.29) is 11.8 Å². The van der Waals surface area contributed by atoms with E-state index in [1.807, 2.05) is 22.1 Å². The lowest BCUT2D eigenvalue weighted by Crippen LogP contribution is -2.24. The van der Waals surface area contributed by atoms with Gasteiger partial charge in [0, 0.05) is 37.5 Å². The molecule has 24 heavy (non-hydrogen) atoms. The molecular weight excluding hydrogens is 326 g/mol. The summed E-state index contributed by atoms with van der Waals surface area (Å²) in [5, 5.41) is 8.07. The highest BCUT2D eigenvalue weighted by molar-refractivity contribution is 7.13. The van der Waals surface area contributed by atoms with Gasteiger partial charge in [-0.1, -0.05) is 6.07 Å². The number of para-hydroxylation sites is 1. The Morgan fingerprint density at radius 3 is 3.17 bits per heavy atom. The van der Waals surface area contributed by atoms with Crippen LogP contribution in [0.1, 0.15) is 22.6 Å². The molecule has 0 saturated heterocycles. The van der Waals surface area contributed by atoms with Gasteiger partial charge in [0.1, 0.15) is 5.82 Å². The Kier molecular flexibility index (Phi) is 3.73. The quantitative estimate of drug-likeness (QED) is 0.757. The van der Waals surface area contributed by atoms with Crippen molar-refractivity contribution in [1.29, 1.82) is 0 Å². The van der Waals surface area contributed by atoms with Gasteiger partial charge in [-0.05, 0) is 12.1 Å². The van der Waals surface area contributed by atoms with Crippen LogP contribution in [0.4, 0.5) is 5.13 Å². The number of imidazole rings is 1. The van der Waals surface area contributed by atoms with Gasteiger partial charge >= 0.3 is 0 Å². The normalized spacial score (nSPS) is 13.6. The summed E-state index contributed by atoms with van der Waals surface area (Å²) in [6.07, 6.45) is 2.49. The average molecular weight is 341 g/mol. The number of anilines is 1. The topological polar surface area (TPSA) is 88.9 Å². The van der Waals surface area contributed by atoms with Gasteiger partial charge in [-0.15, -0.1) is 11.3 Å². The fourth-order valence-corrected chi connectivity index (χ4v) is 3.46. The molecule has 1 aromatic carbocycles. The number of aryl methyl sites for hydroxylation is 1. The fourth-order valence-electron chi connectivity index (χ4n) is 2.92. The first-order chi connectivity index (χ1) is 11.7. The predicted molar refractivity (Wildman–Crippen MR) is 91.1 cm³/mol. The first kappa shape index (κ1) is 14.8. The molecule has 3 heterocycles. The van der Waals surface area contributed by atoms with Gasteiger partial charge in [0.2, 0.25) is 5.91 Å². The zero-order valence-corrected chi connectivity index (χ0v) is 13.6. The van der Waals surface area contributed by atoms with E-state index in [2.05, 4.69) is 20.6 Å². The highest BCUT2D eigenvalue weighted by Crippen LogP contribution is 2.23. The van der Waals surface area contributed by atoms with Crippen molar-refractivity contribution in [2.75, 3.05) is 11.9 Å². The number of rotatable bonds is 4. The first-order valence-electron chi connectivity index (χ1n) is 7.68. The number of benzene rings is 1. The molecular formula is C16H15N5O2S. The summed E-state index contributed by atoms with van der Waals surface area (Å²) in [4.78, 5) is 32.8. The van der Waals surface area contributed by atoms with Crippen LogP contribution in [0, 0.1) is 0 Å². The Hall–Kier alpha value is -2.74. The molecule has 3 aromatic rings. The molecule has 2 aromatic heterocycles. The van der Waals surface area contributed by atoms with Gasteiger partial charge in [0.15, 0.2) is 5.13 Å². The predicted octanol–water partition coefficient (Wildman–Crippen LogP) is 1.81. The van der Waals surface area contributed by atoms with E-state index < -0.39 is 0 Å². The molecule has 1 aliphatic rings. The van der Waals surface area contributed by atoms with Crippen LogP contribution in [-0.2, 0) is 17.8 Å². The lowest BCUT2D eigenvalue weighted by atomic mass is 10.2. The van der Waals surface area contributed by atoms with Crippen molar-refractivity contribution in [3.8, 4) is 0 Å². The number of carbonyl (C=O) groups excluding carboxylic acids is 2. The third-order valence-corrected chi connectivity index (χ3v) is 4.65. The highest BCUT2D eigenvalue weighted by atomic mass is 32.1. The number of nitrogens with zero attached hydrogens (tertiary/aromatic N) is 3. The van der Waals surface area contributed by atoms with Crippen LogP contribution < -0.4 is 10.6 Å². The van der Waals surface area contributed by atoms with E-state index in [0.29, 0.717) is 36.6 Å². The molecule has 4 rings (SSSR count). The molecule has 2 amide bonds. The van der Waals surface area contributed by atoms with Crippen LogP contribution in [-0.4, -0.2) is 32.9 Å². The molecule has 1 aliphatic heterocycles. The van der Waals surface area contributed by atoms with Crippen molar-refractivity contribution >= 4 is 39.3 Å². The van der Waals surface area contributed by atoms with Crippen molar-refractivity contribution in [2.24, 2.45) is 0 Å². The molecule has 2 N–H and O–H groups in total. The van der Waals surface area contributed by atoms with Crippen molar-refractivity contribution in [3.05, 3.63) is 41.2 Å². The largest absolute Gasteiger partial charge is 0.350 e. The molecule has 0 radical (unpaired) electrons. The summed E-state index contributed by atoms with van der Waals surface area (Å²) < 4.78 is 2.04. The minimum Gasteiger partial charge on any atom is -0.350 e. The summed E-state index contributed by atoms with van der Waals surface area (Å²) in [5.41, 5.74) is 2.28. The molecule has 0 spiro atoms. The Morgan fingerprint density at radius 1 is 1.42 bits per heavy atom. The third kappa shape index (κ3) is 2.65. The zero-order valence-electron chi connectivity index (χ0n) is 12.8. The number of thiazole rings is 1. The minimum atomic E-state index is -0.0900. The number of hydrogen-bond donors (Lipinski definition) is 2.